The van der Waals surface area contributed by atoms with Crippen LogP contribution >= 0.6 is 0 Å². The number of fused-ring (bicyclic) bond motifs is 3. The first kappa shape index (κ1) is 11.0. The molecule has 0 aromatic rings. The maximum absolute atomic E-state index is 12.2. The SMILES string of the molecule is COC[C@@]1(CO)C(=O)[C@H]2CCN1[C@@H](C)C2. The van der Waals surface area contributed by atoms with E-state index in [0.29, 0.717) is 12.6 Å². The zero-order chi connectivity index (χ0) is 11.1. The summed E-state index contributed by atoms with van der Waals surface area (Å²) in [6, 6.07) is 0.378. The molecule has 1 unspecified atom stereocenters. The number of ketones is 1. The van der Waals surface area contributed by atoms with Crippen molar-refractivity contribution >= 4 is 5.78 Å². The van der Waals surface area contributed by atoms with E-state index >= 15 is 0 Å². The topological polar surface area (TPSA) is 49.8 Å². The van der Waals surface area contributed by atoms with Gasteiger partial charge in [-0.05, 0) is 19.8 Å². The average molecular weight is 213 g/mol. The van der Waals surface area contributed by atoms with Crippen molar-refractivity contribution in [3.8, 4) is 0 Å². The highest BCUT2D eigenvalue weighted by molar-refractivity contribution is 5.92. The number of aliphatic hydroxyl groups excluding tert-OH is 1. The van der Waals surface area contributed by atoms with Crippen LogP contribution in [0.15, 0.2) is 0 Å². The van der Waals surface area contributed by atoms with Gasteiger partial charge in [-0.25, -0.2) is 0 Å². The lowest BCUT2D eigenvalue weighted by Crippen LogP contribution is -2.71. The fraction of sp³-hybridized carbons (Fsp3) is 0.909. The van der Waals surface area contributed by atoms with Gasteiger partial charge in [-0.15, -0.1) is 0 Å². The van der Waals surface area contributed by atoms with Gasteiger partial charge in [0, 0.05) is 25.6 Å². The van der Waals surface area contributed by atoms with Gasteiger partial charge in [0.15, 0.2) is 5.78 Å². The molecule has 0 saturated carbocycles. The largest absolute Gasteiger partial charge is 0.394 e. The summed E-state index contributed by atoms with van der Waals surface area (Å²) in [4.78, 5) is 14.3. The van der Waals surface area contributed by atoms with Crippen molar-refractivity contribution in [1.82, 2.24) is 4.90 Å². The molecule has 0 radical (unpaired) electrons. The van der Waals surface area contributed by atoms with Crippen LogP contribution in [-0.2, 0) is 9.53 Å². The standard InChI is InChI=1S/C11H19NO3/c1-8-5-9-3-4-12(8)11(6-13,7-15-2)10(9)14/h8-9,13H,3-7H2,1-2H3/t8-,9-,11-/m0/s1. The summed E-state index contributed by atoms with van der Waals surface area (Å²) in [5, 5.41) is 9.54. The van der Waals surface area contributed by atoms with Crippen molar-refractivity contribution in [2.75, 3.05) is 26.9 Å². The number of carbonyl (C=O) groups excluding carboxylic acids is 1. The number of piperidine rings is 3. The molecule has 4 atom stereocenters. The first-order valence-electron chi connectivity index (χ1n) is 5.56. The molecule has 0 aromatic carbocycles. The summed E-state index contributed by atoms with van der Waals surface area (Å²) in [6.45, 7) is 3.21. The Morgan fingerprint density at radius 3 is 2.93 bits per heavy atom. The Kier molecular flexibility index (Phi) is 2.83. The highest BCUT2D eigenvalue weighted by Gasteiger charge is 2.55. The summed E-state index contributed by atoms with van der Waals surface area (Å²) in [6.07, 6.45) is 1.87. The molecule has 3 rings (SSSR count). The van der Waals surface area contributed by atoms with Crippen LogP contribution in [-0.4, -0.2) is 54.2 Å². The van der Waals surface area contributed by atoms with Crippen LogP contribution in [0.4, 0.5) is 0 Å². The Bertz CT molecular complexity index is 269. The normalized spacial score (nSPS) is 44.7. The molecule has 0 spiro atoms. The number of ether oxygens (including phenoxy) is 1. The molecule has 4 nitrogen and oxygen atoms in total. The van der Waals surface area contributed by atoms with E-state index in [2.05, 4.69) is 11.8 Å². The first-order valence-corrected chi connectivity index (χ1v) is 5.56. The molecular formula is C11H19NO3. The number of methoxy groups -OCH3 is 1. The van der Waals surface area contributed by atoms with Crippen LogP contribution in [0, 0.1) is 5.92 Å². The third-order valence-corrected chi connectivity index (χ3v) is 3.90. The summed E-state index contributed by atoms with van der Waals surface area (Å²) in [5.74, 6) is 0.309. The Morgan fingerprint density at radius 2 is 2.40 bits per heavy atom. The van der Waals surface area contributed by atoms with Crippen LogP contribution in [0.3, 0.4) is 0 Å². The lowest BCUT2D eigenvalue weighted by Gasteiger charge is -2.55. The predicted molar refractivity (Wildman–Crippen MR) is 55.6 cm³/mol. The first-order chi connectivity index (χ1) is 7.15. The molecule has 1 N–H and O–H groups in total. The summed E-state index contributed by atoms with van der Waals surface area (Å²) >= 11 is 0. The Morgan fingerprint density at radius 1 is 1.67 bits per heavy atom. The Hall–Kier alpha value is -0.450. The number of carbonyl (C=O) groups is 1. The average Bonchev–Trinajstić information content (AvgIpc) is 2.24. The van der Waals surface area contributed by atoms with Crippen LogP contribution in [0.25, 0.3) is 0 Å². The number of rotatable bonds is 3. The molecule has 0 aliphatic carbocycles. The quantitative estimate of drug-likeness (QED) is 0.719. The van der Waals surface area contributed by atoms with Gasteiger partial charge in [0.2, 0.25) is 0 Å². The van der Waals surface area contributed by atoms with Crippen molar-refractivity contribution in [1.29, 1.82) is 0 Å². The van der Waals surface area contributed by atoms with E-state index < -0.39 is 5.54 Å². The third kappa shape index (κ3) is 1.43. The van der Waals surface area contributed by atoms with Gasteiger partial charge in [-0.2, -0.15) is 0 Å². The van der Waals surface area contributed by atoms with Crippen molar-refractivity contribution < 1.29 is 14.6 Å². The third-order valence-electron chi connectivity index (χ3n) is 3.90. The van der Waals surface area contributed by atoms with Crippen molar-refractivity contribution in [2.24, 2.45) is 5.92 Å². The Labute approximate surface area is 90.2 Å². The van der Waals surface area contributed by atoms with Crippen molar-refractivity contribution in [2.45, 2.75) is 31.3 Å². The summed E-state index contributed by atoms with van der Waals surface area (Å²) in [7, 11) is 1.58. The minimum absolute atomic E-state index is 0.124. The highest BCUT2D eigenvalue weighted by Crippen LogP contribution is 2.39. The lowest BCUT2D eigenvalue weighted by atomic mass is 9.71. The van der Waals surface area contributed by atoms with Crippen molar-refractivity contribution in [3.05, 3.63) is 0 Å². The van der Waals surface area contributed by atoms with E-state index in [4.69, 9.17) is 4.74 Å². The lowest BCUT2D eigenvalue weighted by molar-refractivity contribution is -0.164. The number of nitrogens with zero attached hydrogens (tertiary/aromatic N) is 1. The molecule has 86 valence electrons. The fourth-order valence-electron chi connectivity index (χ4n) is 3.17. The van der Waals surface area contributed by atoms with E-state index in [1.54, 1.807) is 7.11 Å². The molecular weight excluding hydrogens is 194 g/mol. The van der Waals surface area contributed by atoms with Crippen LogP contribution in [0.5, 0.6) is 0 Å². The highest BCUT2D eigenvalue weighted by atomic mass is 16.5. The predicted octanol–water partition coefficient (Wildman–Crippen LogP) is 0.0471. The van der Waals surface area contributed by atoms with Gasteiger partial charge in [0.25, 0.3) is 0 Å². The number of Topliss-reactive ketones (excluding diaryl/α,β-unsaturated/α-hetero) is 1. The Balaban J connectivity index is 2.32. The van der Waals surface area contributed by atoms with Crippen LogP contribution in [0.2, 0.25) is 0 Å². The van der Waals surface area contributed by atoms with E-state index in [1.807, 2.05) is 0 Å². The van der Waals surface area contributed by atoms with Gasteiger partial charge in [-0.3, -0.25) is 9.69 Å². The van der Waals surface area contributed by atoms with E-state index in [-0.39, 0.29) is 18.3 Å². The minimum atomic E-state index is -0.755. The van der Waals surface area contributed by atoms with Gasteiger partial charge in [0.1, 0.15) is 5.54 Å². The van der Waals surface area contributed by atoms with Gasteiger partial charge in [-0.1, -0.05) is 0 Å². The van der Waals surface area contributed by atoms with E-state index in [9.17, 15) is 9.90 Å². The molecule has 3 saturated heterocycles. The molecule has 3 aliphatic heterocycles. The molecule has 15 heavy (non-hydrogen) atoms. The van der Waals surface area contributed by atoms with Crippen molar-refractivity contribution in [3.63, 3.8) is 0 Å². The second-order valence-electron chi connectivity index (χ2n) is 4.75. The molecule has 3 aliphatic rings. The zero-order valence-electron chi connectivity index (χ0n) is 9.40. The van der Waals surface area contributed by atoms with E-state index in [0.717, 1.165) is 19.4 Å². The maximum atomic E-state index is 12.2. The molecule has 0 aromatic heterocycles. The van der Waals surface area contributed by atoms with Crippen LogP contribution < -0.4 is 0 Å². The smallest absolute Gasteiger partial charge is 0.161 e. The van der Waals surface area contributed by atoms with Gasteiger partial charge < -0.3 is 9.84 Å². The maximum Gasteiger partial charge on any atom is 0.161 e. The number of hydrogen-bond acceptors (Lipinski definition) is 4. The second kappa shape index (κ2) is 3.85. The number of aliphatic hydroxyl groups is 1. The summed E-state index contributed by atoms with van der Waals surface area (Å²) < 4.78 is 5.12. The second-order valence-corrected chi connectivity index (χ2v) is 4.75. The van der Waals surface area contributed by atoms with E-state index in [1.165, 1.54) is 0 Å². The minimum Gasteiger partial charge on any atom is -0.394 e. The van der Waals surface area contributed by atoms with Gasteiger partial charge >= 0.3 is 0 Å². The zero-order valence-corrected chi connectivity index (χ0v) is 9.40. The molecule has 3 fully saturated rings. The molecule has 0 amide bonds. The van der Waals surface area contributed by atoms with Gasteiger partial charge in [0.05, 0.1) is 13.2 Å². The molecule has 3 heterocycles. The molecule has 4 heteroatoms. The fourth-order valence-corrected chi connectivity index (χ4v) is 3.17. The monoisotopic (exact) mass is 213 g/mol. The summed E-state index contributed by atoms with van der Waals surface area (Å²) in [5.41, 5.74) is -0.755. The number of hydrogen-bond donors (Lipinski definition) is 1. The van der Waals surface area contributed by atoms with Crippen LogP contribution in [0.1, 0.15) is 19.8 Å². The molecule has 2 bridgehead atoms.